The maximum absolute atomic E-state index is 11.6. The number of rotatable bonds is 4. The SMILES string of the molecule is O=P(O)(O)OC(CO)CF. The van der Waals surface area contributed by atoms with Gasteiger partial charge in [0.15, 0.2) is 0 Å². The molecule has 1 atom stereocenters. The molecule has 0 saturated heterocycles. The van der Waals surface area contributed by atoms with Crippen LogP contribution in [0.25, 0.3) is 0 Å². The minimum atomic E-state index is -4.65. The molecule has 5 nitrogen and oxygen atoms in total. The normalized spacial score (nSPS) is 15.2. The molecule has 0 aromatic heterocycles. The summed E-state index contributed by atoms with van der Waals surface area (Å²) in [6, 6.07) is 0. The van der Waals surface area contributed by atoms with Crippen LogP contribution in [0.5, 0.6) is 0 Å². The van der Waals surface area contributed by atoms with Gasteiger partial charge >= 0.3 is 7.82 Å². The molecule has 0 aliphatic carbocycles. The van der Waals surface area contributed by atoms with Gasteiger partial charge in [0.25, 0.3) is 0 Å². The zero-order valence-corrected chi connectivity index (χ0v) is 5.87. The van der Waals surface area contributed by atoms with E-state index in [9.17, 15) is 8.96 Å². The van der Waals surface area contributed by atoms with E-state index in [1.54, 1.807) is 0 Å². The molecule has 0 aromatic carbocycles. The summed E-state index contributed by atoms with van der Waals surface area (Å²) in [4.78, 5) is 16.1. The van der Waals surface area contributed by atoms with Crippen molar-refractivity contribution in [1.82, 2.24) is 0 Å². The second-order valence-electron chi connectivity index (χ2n) is 1.55. The van der Waals surface area contributed by atoms with Crippen LogP contribution in [0.15, 0.2) is 0 Å². The van der Waals surface area contributed by atoms with Crippen LogP contribution in [-0.4, -0.2) is 34.3 Å². The molecule has 0 aliphatic heterocycles. The minimum absolute atomic E-state index is 0.748. The van der Waals surface area contributed by atoms with Gasteiger partial charge in [-0.3, -0.25) is 4.52 Å². The first-order chi connectivity index (χ1) is 4.49. The second-order valence-corrected chi connectivity index (χ2v) is 2.75. The Balaban J connectivity index is 3.75. The largest absolute Gasteiger partial charge is 0.470 e. The van der Waals surface area contributed by atoms with E-state index in [2.05, 4.69) is 4.52 Å². The highest BCUT2D eigenvalue weighted by Gasteiger charge is 2.21. The monoisotopic (exact) mass is 174 g/mol. The predicted molar refractivity (Wildman–Crippen MR) is 30.0 cm³/mol. The maximum Gasteiger partial charge on any atom is 0.470 e. The number of aliphatic hydroxyl groups excluding tert-OH is 1. The molecule has 0 heterocycles. The Morgan fingerprint density at radius 2 is 2.10 bits per heavy atom. The highest BCUT2D eigenvalue weighted by Crippen LogP contribution is 2.37. The third-order valence-corrected chi connectivity index (χ3v) is 1.23. The first-order valence-corrected chi connectivity index (χ1v) is 3.93. The predicted octanol–water partition coefficient (Wildman–Crippen LogP) is -0.574. The molecule has 0 aromatic rings. The molecule has 0 aliphatic rings. The molecule has 0 fully saturated rings. The molecule has 1 unspecified atom stereocenters. The van der Waals surface area contributed by atoms with E-state index in [1.165, 1.54) is 0 Å². The fraction of sp³-hybridized carbons (Fsp3) is 1.00. The van der Waals surface area contributed by atoms with Crippen LogP contribution in [0.3, 0.4) is 0 Å². The van der Waals surface area contributed by atoms with E-state index in [1.807, 2.05) is 0 Å². The highest BCUT2D eigenvalue weighted by molar-refractivity contribution is 7.46. The van der Waals surface area contributed by atoms with E-state index in [0.717, 1.165) is 0 Å². The summed E-state index contributed by atoms with van der Waals surface area (Å²) >= 11 is 0. The van der Waals surface area contributed by atoms with Gasteiger partial charge in [0, 0.05) is 0 Å². The lowest BCUT2D eigenvalue weighted by Crippen LogP contribution is -2.18. The number of hydrogen-bond acceptors (Lipinski definition) is 3. The fourth-order valence-corrected chi connectivity index (χ4v) is 0.816. The van der Waals surface area contributed by atoms with Crippen molar-refractivity contribution in [3.8, 4) is 0 Å². The van der Waals surface area contributed by atoms with Gasteiger partial charge < -0.3 is 14.9 Å². The van der Waals surface area contributed by atoms with Crippen LogP contribution < -0.4 is 0 Å². The molecule has 0 saturated carbocycles. The van der Waals surface area contributed by atoms with Crippen molar-refractivity contribution >= 4 is 7.82 Å². The summed E-state index contributed by atoms with van der Waals surface area (Å²) in [7, 11) is -4.65. The Labute approximate surface area is 56.7 Å². The summed E-state index contributed by atoms with van der Waals surface area (Å²) in [5.41, 5.74) is 0. The van der Waals surface area contributed by atoms with E-state index < -0.39 is 27.2 Å². The number of phosphoric ester groups is 1. The van der Waals surface area contributed by atoms with E-state index >= 15 is 0 Å². The van der Waals surface area contributed by atoms with Crippen molar-refractivity contribution in [2.75, 3.05) is 13.3 Å². The van der Waals surface area contributed by atoms with Gasteiger partial charge in [-0.05, 0) is 0 Å². The Morgan fingerprint density at radius 1 is 1.60 bits per heavy atom. The topological polar surface area (TPSA) is 87.0 Å². The lowest BCUT2D eigenvalue weighted by atomic mass is 10.4. The third-order valence-electron chi connectivity index (χ3n) is 0.662. The Hall–Kier alpha value is -0.0000000000000000555. The minimum Gasteiger partial charge on any atom is -0.394 e. The quantitative estimate of drug-likeness (QED) is 0.496. The van der Waals surface area contributed by atoms with Crippen molar-refractivity contribution < 1.29 is 28.4 Å². The van der Waals surface area contributed by atoms with Crippen molar-refractivity contribution in [3.63, 3.8) is 0 Å². The molecular weight excluding hydrogens is 166 g/mol. The first kappa shape index (κ1) is 10.0. The molecule has 0 spiro atoms. The summed E-state index contributed by atoms with van der Waals surface area (Å²) in [6.45, 7) is -1.87. The average Bonchev–Trinajstić information content (AvgIpc) is 1.81. The second kappa shape index (κ2) is 4.00. The lowest BCUT2D eigenvalue weighted by Gasteiger charge is -2.10. The fourth-order valence-electron chi connectivity index (χ4n) is 0.304. The van der Waals surface area contributed by atoms with Gasteiger partial charge in [-0.1, -0.05) is 0 Å². The van der Waals surface area contributed by atoms with Crippen LogP contribution in [0, 0.1) is 0 Å². The van der Waals surface area contributed by atoms with Gasteiger partial charge in [-0.2, -0.15) is 0 Å². The van der Waals surface area contributed by atoms with Crippen molar-refractivity contribution in [2.45, 2.75) is 6.10 Å². The Kier molecular flexibility index (Phi) is 4.00. The molecule has 0 bridgehead atoms. The van der Waals surface area contributed by atoms with E-state index in [4.69, 9.17) is 14.9 Å². The molecule has 7 heteroatoms. The number of alkyl halides is 1. The van der Waals surface area contributed by atoms with Crippen molar-refractivity contribution in [2.24, 2.45) is 0 Å². The van der Waals surface area contributed by atoms with Crippen molar-refractivity contribution in [3.05, 3.63) is 0 Å². The van der Waals surface area contributed by atoms with Crippen LogP contribution >= 0.6 is 7.82 Å². The summed E-state index contributed by atoms with van der Waals surface area (Å²) in [5.74, 6) is 0. The third kappa shape index (κ3) is 4.84. The maximum atomic E-state index is 11.6. The smallest absolute Gasteiger partial charge is 0.394 e. The van der Waals surface area contributed by atoms with Gasteiger partial charge in [-0.15, -0.1) is 0 Å². The Morgan fingerprint density at radius 3 is 2.20 bits per heavy atom. The van der Waals surface area contributed by atoms with E-state index in [0.29, 0.717) is 0 Å². The van der Waals surface area contributed by atoms with Crippen LogP contribution in [-0.2, 0) is 9.09 Å². The summed E-state index contributed by atoms with van der Waals surface area (Å²) in [5, 5.41) is 8.18. The summed E-state index contributed by atoms with van der Waals surface area (Å²) in [6.07, 6.45) is -1.43. The van der Waals surface area contributed by atoms with Crippen LogP contribution in [0.4, 0.5) is 4.39 Å². The van der Waals surface area contributed by atoms with Crippen molar-refractivity contribution in [1.29, 1.82) is 0 Å². The lowest BCUT2D eigenvalue weighted by molar-refractivity contribution is 0.0630. The summed E-state index contributed by atoms with van der Waals surface area (Å²) < 4.78 is 25.3. The highest BCUT2D eigenvalue weighted by atomic mass is 31.2. The number of halogens is 1. The number of hydrogen-bond donors (Lipinski definition) is 3. The Bertz CT molecular complexity index is 129. The van der Waals surface area contributed by atoms with Gasteiger partial charge in [-0.25, -0.2) is 8.96 Å². The molecule has 10 heavy (non-hydrogen) atoms. The molecule has 0 amide bonds. The molecule has 0 rings (SSSR count). The zero-order chi connectivity index (χ0) is 8.20. The zero-order valence-electron chi connectivity index (χ0n) is 4.97. The first-order valence-electron chi connectivity index (χ1n) is 2.40. The van der Waals surface area contributed by atoms with Gasteiger partial charge in [0.05, 0.1) is 6.61 Å². The molecule has 62 valence electrons. The van der Waals surface area contributed by atoms with Crippen LogP contribution in [0.1, 0.15) is 0 Å². The standard InChI is InChI=1S/C3H8FO5P/c4-1-3(2-5)9-10(6,7)8/h3,5H,1-2H2,(H2,6,7,8). The van der Waals surface area contributed by atoms with Gasteiger partial charge in [0.1, 0.15) is 12.8 Å². The van der Waals surface area contributed by atoms with Crippen LogP contribution in [0.2, 0.25) is 0 Å². The number of phosphoric acid groups is 1. The molecular formula is C3H8FO5P. The molecule has 0 radical (unpaired) electrons. The van der Waals surface area contributed by atoms with E-state index in [-0.39, 0.29) is 0 Å². The number of aliphatic hydroxyl groups is 1. The average molecular weight is 174 g/mol. The van der Waals surface area contributed by atoms with Gasteiger partial charge in [0.2, 0.25) is 0 Å². The molecule has 3 N–H and O–H groups in total.